The first kappa shape index (κ1) is 19.1. The van der Waals surface area contributed by atoms with Crippen LogP contribution >= 0.6 is 10.3 Å². The van der Waals surface area contributed by atoms with Crippen molar-refractivity contribution in [1.82, 2.24) is 0 Å². The molecule has 1 aliphatic rings. The Morgan fingerprint density at radius 3 is 2.17 bits per heavy atom. The third kappa shape index (κ3) is 2.82. The van der Waals surface area contributed by atoms with Gasteiger partial charge in [0.1, 0.15) is 0 Å². The predicted octanol–water partition coefficient (Wildman–Crippen LogP) is 5.09. The number of fused-ring (bicyclic) bond motifs is 1. The molecule has 1 aliphatic heterocycles. The molecule has 0 spiro atoms. The van der Waals surface area contributed by atoms with Gasteiger partial charge in [-0.1, -0.05) is 19.1 Å². The highest BCUT2D eigenvalue weighted by atomic mass is 32.3. The number of alkyl halides is 6. The first-order valence-corrected chi connectivity index (χ1v) is 9.46. The summed E-state index contributed by atoms with van der Waals surface area (Å²) in [6.45, 7) is 2.67. The van der Waals surface area contributed by atoms with E-state index in [1.54, 1.807) is 6.92 Å². The number of aryl methyl sites for hydroxylation is 1. The highest BCUT2D eigenvalue weighted by Crippen LogP contribution is 2.77. The molecule has 1 atom stereocenters. The molecule has 0 radical (unpaired) electrons. The zero-order valence-corrected chi connectivity index (χ0v) is 14.0. The van der Waals surface area contributed by atoms with Gasteiger partial charge < -0.3 is 0 Å². The molecular weight excluding hydrogens is 382 g/mol. The minimum atomic E-state index is -6.44. The summed E-state index contributed by atoms with van der Waals surface area (Å²) in [7, 11) is -11.3. The number of halogens is 6. The van der Waals surface area contributed by atoms with Gasteiger partial charge in [0.05, 0.1) is 0 Å². The summed E-state index contributed by atoms with van der Waals surface area (Å²) < 4.78 is 105. The summed E-state index contributed by atoms with van der Waals surface area (Å²) in [4.78, 5) is -1.20. The van der Waals surface area contributed by atoms with Crippen LogP contribution in [0.25, 0.3) is 6.08 Å². The van der Waals surface area contributed by atoms with Gasteiger partial charge in [-0.3, -0.25) is 0 Å². The minimum Gasteiger partial charge on any atom is -0.196 e. The van der Waals surface area contributed by atoms with E-state index in [2.05, 4.69) is 3.63 Å². The first-order chi connectivity index (χ1) is 10.8. The molecule has 0 fully saturated rings. The molecule has 0 N–H and O–H groups in total. The second-order valence-corrected chi connectivity index (χ2v) is 9.53. The van der Waals surface area contributed by atoms with Crippen LogP contribution in [0.5, 0.6) is 0 Å². The normalized spacial score (nSPS) is 24.2. The number of benzene rings is 1. The van der Waals surface area contributed by atoms with Crippen LogP contribution in [0.3, 0.4) is 0 Å². The van der Waals surface area contributed by atoms with Crippen molar-refractivity contribution >= 4 is 26.5 Å². The summed E-state index contributed by atoms with van der Waals surface area (Å²) in [6.07, 6.45) is 1.51. The number of hydrogen-bond acceptors (Lipinski definition) is 3. The van der Waals surface area contributed by atoms with E-state index in [0.29, 0.717) is 12.0 Å². The molecule has 0 aromatic heterocycles. The lowest BCUT2D eigenvalue weighted by Gasteiger charge is -2.38. The summed E-state index contributed by atoms with van der Waals surface area (Å²) in [5.41, 5.74) is -10.6. The van der Waals surface area contributed by atoms with Crippen molar-refractivity contribution in [3.63, 3.8) is 0 Å². The third-order valence-electron chi connectivity index (χ3n) is 3.41. The van der Waals surface area contributed by atoms with Crippen molar-refractivity contribution in [3.05, 3.63) is 34.2 Å². The summed E-state index contributed by atoms with van der Waals surface area (Å²) in [5, 5.41) is 0. The predicted molar refractivity (Wildman–Crippen MR) is 77.4 cm³/mol. The maximum Gasteiger partial charge on any atom is 0.523 e. The number of hydrogen-bond donors (Lipinski definition) is 0. The Morgan fingerprint density at radius 1 is 1.12 bits per heavy atom. The van der Waals surface area contributed by atoms with Gasteiger partial charge in [-0.25, -0.2) is 0 Å². The van der Waals surface area contributed by atoms with E-state index in [9.17, 15) is 34.8 Å². The lowest BCUT2D eigenvalue weighted by Crippen LogP contribution is -2.32. The van der Waals surface area contributed by atoms with E-state index >= 15 is 0 Å². The molecule has 24 heavy (non-hydrogen) atoms. The molecule has 11 heteroatoms. The Morgan fingerprint density at radius 2 is 1.71 bits per heavy atom. The molecule has 0 saturated heterocycles. The van der Waals surface area contributed by atoms with Gasteiger partial charge in [-0.2, -0.15) is 38.4 Å². The molecule has 1 heterocycles. The lowest BCUT2D eigenvalue weighted by molar-refractivity contribution is -0.0546. The molecular formula is C13H12F6O3S2. The Labute approximate surface area is 135 Å². The van der Waals surface area contributed by atoms with Crippen LogP contribution < -0.4 is 0 Å². The van der Waals surface area contributed by atoms with Crippen molar-refractivity contribution in [3.8, 4) is 0 Å². The third-order valence-corrected chi connectivity index (χ3v) is 8.17. The van der Waals surface area contributed by atoms with E-state index in [-0.39, 0.29) is 5.56 Å². The van der Waals surface area contributed by atoms with Crippen molar-refractivity contribution in [1.29, 1.82) is 0 Å². The van der Waals surface area contributed by atoms with E-state index in [1.807, 2.05) is 0 Å². The second kappa shape index (κ2) is 5.67. The van der Waals surface area contributed by atoms with Gasteiger partial charge in [0.25, 0.3) is 0 Å². The molecule has 136 valence electrons. The van der Waals surface area contributed by atoms with Crippen LogP contribution in [0, 0.1) is 0 Å². The zero-order chi connectivity index (χ0) is 18.6. The van der Waals surface area contributed by atoms with E-state index in [0.717, 1.165) is 19.1 Å². The topological polar surface area (TPSA) is 43.4 Å². The first-order valence-electron chi connectivity index (χ1n) is 6.49. The maximum absolute atomic E-state index is 13.7. The Balaban J connectivity index is 2.72. The highest BCUT2D eigenvalue weighted by Gasteiger charge is 2.63. The van der Waals surface area contributed by atoms with E-state index in [1.165, 1.54) is 12.1 Å². The molecule has 0 aliphatic carbocycles. The average Bonchev–Trinajstić information content (AvgIpc) is 2.69. The van der Waals surface area contributed by atoms with Gasteiger partial charge in [0.2, 0.25) is 0 Å². The Bertz CT molecular complexity index is 795. The van der Waals surface area contributed by atoms with E-state index in [4.69, 9.17) is 0 Å². The molecule has 3 nitrogen and oxygen atoms in total. The van der Waals surface area contributed by atoms with Crippen LogP contribution in [-0.2, 0) is 20.2 Å². The van der Waals surface area contributed by atoms with Crippen LogP contribution in [0.1, 0.15) is 25.0 Å². The fraction of sp³-hybridized carbons (Fsp3) is 0.385. The maximum atomic E-state index is 13.7. The number of rotatable bonds is 3. The van der Waals surface area contributed by atoms with Gasteiger partial charge >= 0.3 is 21.1 Å². The summed E-state index contributed by atoms with van der Waals surface area (Å²) in [5.74, 6) is 0. The highest BCUT2D eigenvalue weighted by molar-refractivity contribution is 8.36. The SMILES string of the molecule is CCc1ccc2c(c1)C=C(C)S2(OS(=O)(=O)C(F)(F)F)C(F)(F)F. The monoisotopic (exact) mass is 394 g/mol. The van der Waals surface area contributed by atoms with Gasteiger partial charge in [-0.15, -0.1) is 0 Å². The van der Waals surface area contributed by atoms with Crippen LogP contribution in [0.4, 0.5) is 26.3 Å². The van der Waals surface area contributed by atoms with Crippen molar-refractivity contribution in [2.45, 2.75) is 36.2 Å². The van der Waals surface area contributed by atoms with Crippen LogP contribution in [-0.4, -0.2) is 19.4 Å². The van der Waals surface area contributed by atoms with E-state index < -0.39 is 41.2 Å². The largest absolute Gasteiger partial charge is 0.523 e. The van der Waals surface area contributed by atoms with Gasteiger partial charge in [0.15, 0.2) is 0 Å². The van der Waals surface area contributed by atoms with Crippen molar-refractivity contribution < 1.29 is 38.4 Å². The second-order valence-electron chi connectivity index (χ2n) is 4.95. The summed E-state index contributed by atoms with van der Waals surface area (Å²) >= 11 is 0. The van der Waals surface area contributed by atoms with Gasteiger partial charge in [-0.05, 0) is 36.6 Å². The number of allylic oxidation sites excluding steroid dienone is 1. The molecule has 1 aromatic carbocycles. The molecule has 0 bridgehead atoms. The lowest BCUT2D eigenvalue weighted by atomic mass is 10.1. The molecule has 1 aromatic rings. The van der Waals surface area contributed by atoms with Crippen LogP contribution in [0.15, 0.2) is 28.0 Å². The quantitative estimate of drug-likeness (QED) is 0.530. The molecule has 0 saturated carbocycles. The molecule has 2 rings (SSSR count). The smallest absolute Gasteiger partial charge is 0.196 e. The molecule has 0 amide bonds. The van der Waals surface area contributed by atoms with Crippen LogP contribution in [0.2, 0.25) is 0 Å². The standard InChI is InChI=1S/C13H12F6O3S2/c1-3-9-4-5-11-10(7-9)6-8(2)23(11,12(14,15)16)22-24(20,21)13(17,18)19/h4-7H,3H2,1-2H3. The molecule has 1 unspecified atom stereocenters. The van der Waals surface area contributed by atoms with Gasteiger partial charge in [0, 0.05) is 20.1 Å². The minimum absolute atomic E-state index is 0.0107. The van der Waals surface area contributed by atoms with Crippen molar-refractivity contribution in [2.24, 2.45) is 0 Å². The summed E-state index contributed by atoms with van der Waals surface area (Å²) in [6, 6.07) is 3.67. The fourth-order valence-corrected chi connectivity index (χ4v) is 6.66. The fourth-order valence-electron chi connectivity index (χ4n) is 2.28. The van der Waals surface area contributed by atoms with Crippen molar-refractivity contribution in [2.75, 3.05) is 0 Å². The zero-order valence-electron chi connectivity index (χ0n) is 12.3. The average molecular weight is 394 g/mol. The Hall–Kier alpha value is -1.20. The Kier molecular flexibility index (Phi) is 4.52.